The van der Waals surface area contributed by atoms with Crippen molar-refractivity contribution in [3.05, 3.63) is 54.4 Å². The molecule has 0 unspecified atom stereocenters. The van der Waals surface area contributed by atoms with Crippen molar-refractivity contribution in [1.82, 2.24) is 14.6 Å². The number of aromatic nitrogens is 3. The van der Waals surface area contributed by atoms with E-state index in [1.807, 2.05) is 30.3 Å². The molecular formula is C15H9N3O3. The lowest BCUT2D eigenvalue weighted by Crippen LogP contribution is -1.99. The smallest absolute Gasteiger partial charge is 0.341 e. The molecule has 0 atom stereocenters. The maximum atomic E-state index is 11.1. The summed E-state index contributed by atoms with van der Waals surface area (Å²) >= 11 is 0. The lowest BCUT2D eigenvalue weighted by molar-refractivity contribution is 0.0699. The summed E-state index contributed by atoms with van der Waals surface area (Å²) in [5.74, 6) is -0.442. The summed E-state index contributed by atoms with van der Waals surface area (Å²) in [6.07, 6.45) is 2.84. The van der Waals surface area contributed by atoms with Crippen LogP contribution in [0, 0.1) is 0 Å². The molecular weight excluding hydrogens is 270 g/mol. The molecule has 0 bridgehead atoms. The van der Waals surface area contributed by atoms with Crippen molar-refractivity contribution in [2.45, 2.75) is 0 Å². The zero-order chi connectivity index (χ0) is 14.4. The fourth-order valence-electron chi connectivity index (χ4n) is 2.34. The van der Waals surface area contributed by atoms with Gasteiger partial charge in [0.2, 0.25) is 0 Å². The number of aromatic carboxylic acids is 1. The summed E-state index contributed by atoms with van der Waals surface area (Å²) in [6, 6.07) is 11.3. The van der Waals surface area contributed by atoms with Crippen LogP contribution in [0.2, 0.25) is 0 Å². The van der Waals surface area contributed by atoms with Crippen LogP contribution in [-0.4, -0.2) is 25.7 Å². The summed E-state index contributed by atoms with van der Waals surface area (Å²) in [5, 5.41) is 14.2. The molecule has 0 aliphatic rings. The van der Waals surface area contributed by atoms with Gasteiger partial charge in [0.1, 0.15) is 16.8 Å². The number of fused-ring (bicyclic) bond motifs is 2. The monoisotopic (exact) mass is 279 g/mol. The summed E-state index contributed by atoms with van der Waals surface area (Å²) in [6.45, 7) is 0. The minimum Gasteiger partial charge on any atom is -0.477 e. The molecule has 0 radical (unpaired) electrons. The molecule has 3 aromatic heterocycles. The van der Waals surface area contributed by atoms with Crippen LogP contribution in [0.4, 0.5) is 0 Å². The van der Waals surface area contributed by atoms with E-state index in [9.17, 15) is 4.79 Å². The molecule has 0 fully saturated rings. The van der Waals surface area contributed by atoms with Crippen LogP contribution in [0.25, 0.3) is 28.1 Å². The minimum atomic E-state index is -1.06. The van der Waals surface area contributed by atoms with Crippen molar-refractivity contribution < 1.29 is 14.3 Å². The standard InChI is InChI=1S/C15H9N3O3/c19-15(20)10-8-17-18-11(5-6-16-14(10)18)13-7-9-3-1-2-4-12(9)21-13/h1-8H,(H,19,20). The van der Waals surface area contributed by atoms with Gasteiger partial charge in [-0.05, 0) is 18.2 Å². The SMILES string of the molecule is O=C(O)c1cnn2c(-c3cc4ccccc4o3)ccnc12. The number of hydrogen-bond acceptors (Lipinski definition) is 4. The molecule has 21 heavy (non-hydrogen) atoms. The second kappa shape index (κ2) is 4.17. The van der Waals surface area contributed by atoms with E-state index in [1.54, 1.807) is 12.3 Å². The van der Waals surface area contributed by atoms with Crippen LogP contribution in [0.5, 0.6) is 0 Å². The van der Waals surface area contributed by atoms with Crippen molar-refractivity contribution in [3.63, 3.8) is 0 Å². The van der Waals surface area contributed by atoms with Crippen molar-refractivity contribution in [2.24, 2.45) is 0 Å². The number of benzene rings is 1. The van der Waals surface area contributed by atoms with Gasteiger partial charge < -0.3 is 9.52 Å². The lowest BCUT2D eigenvalue weighted by atomic mass is 10.2. The van der Waals surface area contributed by atoms with Gasteiger partial charge in [0.05, 0.1) is 6.20 Å². The first kappa shape index (κ1) is 11.7. The molecule has 0 amide bonds. The summed E-state index contributed by atoms with van der Waals surface area (Å²) in [5.41, 5.74) is 1.78. The molecule has 0 aliphatic heterocycles. The van der Waals surface area contributed by atoms with Gasteiger partial charge in [-0.15, -0.1) is 0 Å². The summed E-state index contributed by atoms with van der Waals surface area (Å²) < 4.78 is 7.27. The van der Waals surface area contributed by atoms with Gasteiger partial charge >= 0.3 is 5.97 Å². The van der Waals surface area contributed by atoms with Crippen LogP contribution < -0.4 is 0 Å². The first-order chi connectivity index (χ1) is 10.2. The Balaban J connectivity index is 1.99. The van der Waals surface area contributed by atoms with Gasteiger partial charge in [-0.1, -0.05) is 18.2 Å². The first-order valence-electron chi connectivity index (χ1n) is 6.29. The predicted octanol–water partition coefficient (Wildman–Crippen LogP) is 2.84. The van der Waals surface area contributed by atoms with Crippen LogP contribution in [0.15, 0.2) is 53.2 Å². The fraction of sp³-hybridized carbons (Fsp3) is 0. The Labute approximate surface area is 118 Å². The molecule has 1 aromatic carbocycles. The normalized spacial score (nSPS) is 11.2. The van der Waals surface area contributed by atoms with Crippen molar-refractivity contribution >= 4 is 22.6 Å². The Morgan fingerprint density at radius 2 is 2.10 bits per heavy atom. The first-order valence-corrected chi connectivity index (χ1v) is 6.29. The van der Waals surface area contributed by atoms with Gasteiger partial charge in [0.15, 0.2) is 11.4 Å². The average molecular weight is 279 g/mol. The molecule has 3 heterocycles. The Bertz CT molecular complexity index is 951. The molecule has 6 heteroatoms. The van der Waals surface area contributed by atoms with E-state index in [2.05, 4.69) is 10.1 Å². The highest BCUT2D eigenvalue weighted by Crippen LogP contribution is 2.28. The molecule has 4 rings (SSSR count). The molecule has 102 valence electrons. The topological polar surface area (TPSA) is 80.6 Å². The molecule has 1 N–H and O–H groups in total. The summed E-state index contributed by atoms with van der Waals surface area (Å²) in [7, 11) is 0. The Morgan fingerprint density at radius 1 is 1.24 bits per heavy atom. The fourth-order valence-corrected chi connectivity index (χ4v) is 2.34. The van der Waals surface area contributed by atoms with E-state index in [1.165, 1.54) is 10.7 Å². The van der Waals surface area contributed by atoms with Crippen LogP contribution in [-0.2, 0) is 0 Å². The third-order valence-electron chi connectivity index (χ3n) is 3.31. The third kappa shape index (κ3) is 1.69. The number of carboxylic acids is 1. The van der Waals surface area contributed by atoms with Gasteiger partial charge in [0.25, 0.3) is 0 Å². The van der Waals surface area contributed by atoms with E-state index in [-0.39, 0.29) is 5.56 Å². The second-order valence-corrected chi connectivity index (χ2v) is 4.58. The lowest BCUT2D eigenvalue weighted by Gasteiger charge is -2.00. The van der Waals surface area contributed by atoms with Crippen molar-refractivity contribution in [3.8, 4) is 11.5 Å². The number of para-hydroxylation sites is 1. The molecule has 0 spiro atoms. The van der Waals surface area contributed by atoms with E-state index >= 15 is 0 Å². The van der Waals surface area contributed by atoms with Crippen LogP contribution in [0.3, 0.4) is 0 Å². The molecule has 4 aromatic rings. The maximum absolute atomic E-state index is 11.1. The quantitative estimate of drug-likeness (QED) is 0.610. The Morgan fingerprint density at radius 3 is 2.90 bits per heavy atom. The third-order valence-corrected chi connectivity index (χ3v) is 3.31. The average Bonchev–Trinajstić information content (AvgIpc) is 3.10. The van der Waals surface area contributed by atoms with Crippen molar-refractivity contribution in [1.29, 1.82) is 0 Å². The molecule has 6 nitrogen and oxygen atoms in total. The zero-order valence-corrected chi connectivity index (χ0v) is 10.7. The maximum Gasteiger partial charge on any atom is 0.341 e. The molecule has 0 saturated carbocycles. The van der Waals surface area contributed by atoms with E-state index in [4.69, 9.17) is 9.52 Å². The minimum absolute atomic E-state index is 0.0629. The van der Waals surface area contributed by atoms with Gasteiger partial charge in [-0.2, -0.15) is 5.10 Å². The van der Waals surface area contributed by atoms with Crippen LogP contribution in [0.1, 0.15) is 10.4 Å². The van der Waals surface area contributed by atoms with Gasteiger partial charge in [-0.25, -0.2) is 14.3 Å². The number of carbonyl (C=O) groups is 1. The van der Waals surface area contributed by atoms with Crippen molar-refractivity contribution in [2.75, 3.05) is 0 Å². The zero-order valence-electron chi connectivity index (χ0n) is 10.7. The highest BCUT2D eigenvalue weighted by Gasteiger charge is 2.16. The van der Waals surface area contributed by atoms with E-state index in [0.29, 0.717) is 17.1 Å². The summed E-state index contributed by atoms with van der Waals surface area (Å²) in [4.78, 5) is 15.2. The second-order valence-electron chi connectivity index (χ2n) is 4.58. The predicted molar refractivity (Wildman–Crippen MR) is 75.2 cm³/mol. The number of nitrogens with zero attached hydrogens (tertiary/aromatic N) is 3. The number of rotatable bonds is 2. The molecule has 0 aliphatic carbocycles. The van der Waals surface area contributed by atoms with E-state index in [0.717, 1.165) is 11.0 Å². The Hall–Kier alpha value is -3.15. The number of furan rings is 1. The molecule has 0 saturated heterocycles. The van der Waals surface area contributed by atoms with Gasteiger partial charge in [-0.3, -0.25) is 0 Å². The highest BCUT2D eigenvalue weighted by atomic mass is 16.4. The number of carboxylic acid groups (broad SMARTS) is 1. The number of hydrogen-bond donors (Lipinski definition) is 1. The largest absolute Gasteiger partial charge is 0.477 e. The van der Waals surface area contributed by atoms with Gasteiger partial charge in [0, 0.05) is 11.6 Å². The highest BCUT2D eigenvalue weighted by molar-refractivity contribution is 5.94. The Kier molecular flexibility index (Phi) is 2.32. The van der Waals surface area contributed by atoms with E-state index < -0.39 is 5.97 Å². The van der Waals surface area contributed by atoms with Crippen LogP contribution >= 0.6 is 0 Å².